The molecule has 0 saturated carbocycles. The summed E-state index contributed by atoms with van der Waals surface area (Å²) in [6.07, 6.45) is 0.0935. The van der Waals surface area contributed by atoms with Gasteiger partial charge in [0, 0.05) is 0 Å². The van der Waals surface area contributed by atoms with Gasteiger partial charge in [-0.3, -0.25) is 9.69 Å². The van der Waals surface area contributed by atoms with Crippen LogP contribution in [0.25, 0.3) is 0 Å². The maximum atomic E-state index is 11.7. The number of nitriles is 1. The van der Waals surface area contributed by atoms with Gasteiger partial charge in [0.05, 0.1) is 23.8 Å². The number of rotatable bonds is 1. The van der Waals surface area contributed by atoms with Crippen LogP contribution in [0, 0.1) is 18.3 Å². The monoisotopic (exact) mass is 213 g/mol. The smallest absolute Gasteiger partial charge is 0.237 e. The van der Waals surface area contributed by atoms with Crippen LogP contribution in [0.3, 0.4) is 0 Å². The first kappa shape index (κ1) is 10.2. The van der Waals surface area contributed by atoms with Gasteiger partial charge in [-0.2, -0.15) is 5.26 Å². The summed E-state index contributed by atoms with van der Waals surface area (Å²) in [5, 5.41) is 8.80. The molecule has 0 radical (unpaired) electrons. The number of aryl methyl sites for hydroxylation is 1. The highest BCUT2D eigenvalue weighted by atomic mass is 16.2. The minimum Gasteiger partial charge on any atom is -0.384 e. The average molecular weight is 213 g/mol. The second-order valence-corrected chi connectivity index (χ2v) is 3.72. The number of benzene rings is 1. The molecule has 1 aromatic rings. The average Bonchev–Trinajstić information content (AvgIpc) is 2.56. The normalized spacial score (nSPS) is 15.5. The Hall–Kier alpha value is -2.28. The molecule has 1 aliphatic heterocycles. The lowest BCUT2D eigenvalue weighted by atomic mass is 10.2. The Kier molecular flexibility index (Phi) is 2.37. The van der Waals surface area contributed by atoms with Crippen molar-refractivity contribution in [2.24, 2.45) is 5.73 Å². The number of anilines is 1. The zero-order valence-corrected chi connectivity index (χ0v) is 8.90. The molecule has 16 heavy (non-hydrogen) atoms. The van der Waals surface area contributed by atoms with Gasteiger partial charge >= 0.3 is 0 Å². The molecule has 0 aromatic heterocycles. The molecule has 80 valence electrons. The lowest BCUT2D eigenvalue weighted by Gasteiger charge is -2.17. The van der Waals surface area contributed by atoms with Crippen LogP contribution in [0.4, 0.5) is 5.69 Å². The van der Waals surface area contributed by atoms with Crippen molar-refractivity contribution in [3.8, 4) is 6.07 Å². The summed E-state index contributed by atoms with van der Waals surface area (Å²) in [4.78, 5) is 13.1. The van der Waals surface area contributed by atoms with E-state index in [4.69, 9.17) is 11.0 Å². The number of amides is 1. The summed E-state index contributed by atoms with van der Waals surface area (Å²) >= 11 is 0. The van der Waals surface area contributed by atoms with Crippen LogP contribution in [-0.4, -0.2) is 5.91 Å². The summed E-state index contributed by atoms with van der Waals surface area (Å²) in [6.45, 7) is 1.97. The van der Waals surface area contributed by atoms with Crippen molar-refractivity contribution in [3.05, 3.63) is 41.2 Å². The largest absolute Gasteiger partial charge is 0.384 e. The Labute approximate surface area is 93.6 Å². The van der Waals surface area contributed by atoms with Crippen LogP contribution < -0.4 is 10.6 Å². The quantitative estimate of drug-likeness (QED) is 0.767. The van der Waals surface area contributed by atoms with Gasteiger partial charge in [0.1, 0.15) is 5.82 Å². The highest BCUT2D eigenvalue weighted by Gasteiger charge is 2.29. The van der Waals surface area contributed by atoms with Crippen molar-refractivity contribution < 1.29 is 4.79 Å². The minimum absolute atomic E-state index is 0.0935. The third kappa shape index (κ3) is 1.52. The van der Waals surface area contributed by atoms with Gasteiger partial charge in [-0.25, -0.2) is 0 Å². The standard InChI is InChI=1S/C12H11N3O/c1-8-2-4-10(5-3-8)15-11(16)6-9(7-13)12(15)14/h2-5H,6,14H2,1H3. The van der Waals surface area contributed by atoms with E-state index >= 15 is 0 Å². The predicted octanol–water partition coefficient (Wildman–Crippen LogP) is 1.43. The summed E-state index contributed by atoms with van der Waals surface area (Å²) in [5.74, 6) is 0.0919. The first-order valence-electron chi connectivity index (χ1n) is 4.92. The van der Waals surface area contributed by atoms with E-state index in [1.807, 2.05) is 37.3 Å². The van der Waals surface area contributed by atoms with Crippen LogP contribution in [-0.2, 0) is 4.79 Å². The Morgan fingerprint density at radius 3 is 2.50 bits per heavy atom. The maximum absolute atomic E-state index is 11.7. The molecule has 0 unspecified atom stereocenters. The number of carbonyl (C=O) groups is 1. The Bertz CT molecular complexity index is 508. The number of carbonyl (C=O) groups excluding carboxylic acids is 1. The van der Waals surface area contributed by atoms with Crippen molar-refractivity contribution in [2.45, 2.75) is 13.3 Å². The fourth-order valence-electron chi connectivity index (χ4n) is 1.66. The molecule has 1 aliphatic rings. The molecule has 0 fully saturated rings. The van der Waals surface area contributed by atoms with E-state index in [1.165, 1.54) is 4.90 Å². The molecule has 4 nitrogen and oxygen atoms in total. The van der Waals surface area contributed by atoms with Gasteiger partial charge in [-0.1, -0.05) is 17.7 Å². The first-order valence-corrected chi connectivity index (χ1v) is 4.92. The van der Waals surface area contributed by atoms with Gasteiger partial charge in [-0.05, 0) is 19.1 Å². The van der Waals surface area contributed by atoms with Gasteiger partial charge in [0.2, 0.25) is 5.91 Å². The van der Waals surface area contributed by atoms with Crippen molar-refractivity contribution in [3.63, 3.8) is 0 Å². The molecule has 2 N–H and O–H groups in total. The summed E-state index contributed by atoms with van der Waals surface area (Å²) in [7, 11) is 0. The summed E-state index contributed by atoms with van der Waals surface area (Å²) in [5.41, 5.74) is 7.91. The molecular formula is C12H11N3O. The highest BCUT2D eigenvalue weighted by Crippen LogP contribution is 2.27. The maximum Gasteiger partial charge on any atom is 0.237 e. The zero-order chi connectivity index (χ0) is 11.7. The van der Waals surface area contributed by atoms with Crippen LogP contribution in [0.15, 0.2) is 35.7 Å². The third-order valence-electron chi connectivity index (χ3n) is 2.55. The van der Waals surface area contributed by atoms with E-state index in [2.05, 4.69) is 0 Å². The van der Waals surface area contributed by atoms with Gasteiger partial charge in [0.25, 0.3) is 0 Å². The Balaban J connectivity index is 2.42. The molecule has 0 spiro atoms. The van der Waals surface area contributed by atoms with Crippen LogP contribution >= 0.6 is 0 Å². The SMILES string of the molecule is Cc1ccc(N2C(=O)CC(C#N)=C2N)cc1. The van der Waals surface area contributed by atoms with Gasteiger partial charge in [-0.15, -0.1) is 0 Å². The minimum atomic E-state index is -0.155. The van der Waals surface area contributed by atoms with E-state index in [1.54, 1.807) is 0 Å². The number of hydrogen-bond donors (Lipinski definition) is 1. The molecular weight excluding hydrogens is 202 g/mol. The molecule has 4 heteroatoms. The molecule has 1 heterocycles. The Morgan fingerprint density at radius 2 is 2.00 bits per heavy atom. The molecule has 1 amide bonds. The van der Waals surface area contributed by atoms with Crippen LogP contribution in [0.1, 0.15) is 12.0 Å². The number of nitrogens with two attached hydrogens (primary N) is 1. The van der Waals surface area contributed by atoms with E-state index in [0.29, 0.717) is 11.3 Å². The Morgan fingerprint density at radius 1 is 1.38 bits per heavy atom. The number of nitrogens with zero attached hydrogens (tertiary/aromatic N) is 2. The lowest BCUT2D eigenvalue weighted by molar-refractivity contribution is -0.116. The second kappa shape index (κ2) is 3.70. The van der Waals surface area contributed by atoms with E-state index in [-0.39, 0.29) is 18.1 Å². The van der Waals surface area contributed by atoms with Gasteiger partial charge < -0.3 is 5.73 Å². The van der Waals surface area contributed by atoms with Crippen molar-refractivity contribution >= 4 is 11.6 Å². The molecule has 0 atom stereocenters. The zero-order valence-electron chi connectivity index (χ0n) is 8.90. The molecule has 2 rings (SSSR count). The topological polar surface area (TPSA) is 70.1 Å². The van der Waals surface area contributed by atoms with Gasteiger partial charge in [0.15, 0.2) is 0 Å². The van der Waals surface area contributed by atoms with E-state index in [9.17, 15) is 4.79 Å². The van der Waals surface area contributed by atoms with Crippen molar-refractivity contribution in [1.29, 1.82) is 5.26 Å². The molecule has 0 aliphatic carbocycles. The molecule has 0 saturated heterocycles. The first-order chi connectivity index (χ1) is 7.63. The van der Waals surface area contributed by atoms with E-state index < -0.39 is 0 Å². The summed E-state index contributed by atoms with van der Waals surface area (Å²) in [6, 6.07) is 9.39. The predicted molar refractivity (Wildman–Crippen MR) is 60.1 cm³/mol. The fourth-order valence-corrected chi connectivity index (χ4v) is 1.66. The van der Waals surface area contributed by atoms with Crippen molar-refractivity contribution in [1.82, 2.24) is 0 Å². The third-order valence-corrected chi connectivity index (χ3v) is 2.55. The fraction of sp³-hybridized carbons (Fsp3) is 0.167. The molecule has 0 bridgehead atoms. The lowest BCUT2D eigenvalue weighted by Crippen LogP contribution is -2.28. The summed E-state index contributed by atoms with van der Waals surface area (Å²) < 4.78 is 0. The number of hydrogen-bond acceptors (Lipinski definition) is 3. The second-order valence-electron chi connectivity index (χ2n) is 3.72. The van der Waals surface area contributed by atoms with E-state index in [0.717, 1.165) is 5.56 Å². The van der Waals surface area contributed by atoms with Crippen LogP contribution in [0.2, 0.25) is 0 Å². The molecule has 1 aromatic carbocycles. The highest BCUT2D eigenvalue weighted by molar-refractivity contribution is 6.01. The van der Waals surface area contributed by atoms with Crippen molar-refractivity contribution in [2.75, 3.05) is 4.90 Å². The van der Waals surface area contributed by atoms with Crippen LogP contribution in [0.5, 0.6) is 0 Å².